The first-order chi connectivity index (χ1) is 8.68. The van der Waals surface area contributed by atoms with Crippen LogP contribution in [0.2, 0.25) is 5.02 Å². The van der Waals surface area contributed by atoms with E-state index in [0.717, 1.165) is 30.1 Å². The minimum atomic E-state index is 0.0949. The highest BCUT2D eigenvalue weighted by molar-refractivity contribution is 6.31. The second kappa shape index (κ2) is 6.21. The van der Waals surface area contributed by atoms with Crippen LogP contribution in [0.3, 0.4) is 0 Å². The van der Waals surface area contributed by atoms with Crippen molar-refractivity contribution in [3.63, 3.8) is 0 Å². The van der Waals surface area contributed by atoms with Crippen molar-refractivity contribution in [3.05, 3.63) is 34.9 Å². The van der Waals surface area contributed by atoms with Crippen molar-refractivity contribution in [2.45, 2.75) is 13.3 Å². The SMILES string of the molecule is CC(C(=O)NCCc1ccccc1Cl)C1CNC1. The monoisotopic (exact) mass is 266 g/mol. The van der Waals surface area contributed by atoms with Crippen molar-refractivity contribution >= 4 is 17.5 Å². The van der Waals surface area contributed by atoms with Gasteiger partial charge in [-0.25, -0.2) is 0 Å². The van der Waals surface area contributed by atoms with Crippen LogP contribution in [0, 0.1) is 11.8 Å². The molecule has 1 aliphatic heterocycles. The Morgan fingerprint density at radius 3 is 2.83 bits per heavy atom. The van der Waals surface area contributed by atoms with Crippen molar-refractivity contribution in [1.29, 1.82) is 0 Å². The lowest BCUT2D eigenvalue weighted by Crippen LogP contribution is -2.49. The van der Waals surface area contributed by atoms with E-state index in [1.54, 1.807) is 0 Å². The second-order valence-electron chi connectivity index (χ2n) is 4.84. The molecular formula is C14H19ClN2O. The molecule has 1 aliphatic rings. The fourth-order valence-electron chi connectivity index (χ4n) is 2.06. The molecule has 0 bridgehead atoms. The van der Waals surface area contributed by atoms with Gasteiger partial charge in [0.1, 0.15) is 0 Å². The first kappa shape index (κ1) is 13.4. The zero-order chi connectivity index (χ0) is 13.0. The van der Waals surface area contributed by atoms with Gasteiger partial charge < -0.3 is 10.6 Å². The Bertz CT molecular complexity index is 418. The average molecular weight is 267 g/mol. The summed E-state index contributed by atoms with van der Waals surface area (Å²) in [6.45, 7) is 4.56. The number of hydrogen-bond acceptors (Lipinski definition) is 2. The van der Waals surface area contributed by atoms with Crippen LogP contribution in [0.15, 0.2) is 24.3 Å². The van der Waals surface area contributed by atoms with E-state index in [-0.39, 0.29) is 11.8 Å². The normalized spacial score (nSPS) is 17.0. The molecule has 2 rings (SSSR count). The van der Waals surface area contributed by atoms with Crippen LogP contribution in [-0.2, 0) is 11.2 Å². The molecule has 18 heavy (non-hydrogen) atoms. The maximum Gasteiger partial charge on any atom is 0.223 e. The number of halogens is 1. The van der Waals surface area contributed by atoms with Crippen LogP contribution in [0.1, 0.15) is 12.5 Å². The van der Waals surface area contributed by atoms with Crippen LogP contribution in [0.5, 0.6) is 0 Å². The number of amides is 1. The summed E-state index contributed by atoms with van der Waals surface area (Å²) in [6, 6.07) is 7.75. The fraction of sp³-hybridized carbons (Fsp3) is 0.500. The minimum Gasteiger partial charge on any atom is -0.356 e. The van der Waals surface area contributed by atoms with Gasteiger partial charge in [0.15, 0.2) is 0 Å². The highest BCUT2D eigenvalue weighted by atomic mass is 35.5. The molecule has 1 amide bonds. The Hall–Kier alpha value is -1.06. The third kappa shape index (κ3) is 3.24. The summed E-state index contributed by atoms with van der Waals surface area (Å²) in [5.41, 5.74) is 1.08. The van der Waals surface area contributed by atoms with E-state index in [2.05, 4.69) is 10.6 Å². The van der Waals surface area contributed by atoms with Gasteiger partial charge in [0.05, 0.1) is 0 Å². The number of hydrogen-bond donors (Lipinski definition) is 2. The average Bonchev–Trinajstić information content (AvgIpc) is 2.29. The summed E-state index contributed by atoms with van der Waals surface area (Å²) in [5.74, 6) is 0.733. The highest BCUT2D eigenvalue weighted by Gasteiger charge is 2.28. The minimum absolute atomic E-state index is 0.0949. The maximum absolute atomic E-state index is 11.9. The molecular weight excluding hydrogens is 248 g/mol. The molecule has 4 heteroatoms. The lowest BCUT2D eigenvalue weighted by molar-refractivity contribution is -0.126. The number of rotatable bonds is 5. The van der Waals surface area contributed by atoms with Gasteiger partial charge in [0, 0.05) is 17.5 Å². The van der Waals surface area contributed by atoms with Crippen LogP contribution >= 0.6 is 11.6 Å². The number of carbonyl (C=O) groups is 1. The van der Waals surface area contributed by atoms with Gasteiger partial charge in [-0.2, -0.15) is 0 Å². The molecule has 1 aromatic rings. The van der Waals surface area contributed by atoms with Gasteiger partial charge >= 0.3 is 0 Å². The van der Waals surface area contributed by atoms with Crippen LogP contribution in [0.4, 0.5) is 0 Å². The van der Waals surface area contributed by atoms with Gasteiger partial charge in [-0.05, 0) is 37.1 Å². The Labute approximate surface area is 113 Å². The number of nitrogens with one attached hydrogen (secondary N) is 2. The van der Waals surface area contributed by atoms with Crippen molar-refractivity contribution in [2.75, 3.05) is 19.6 Å². The standard InChI is InChI=1S/C14H19ClN2O/c1-10(12-8-16-9-12)14(18)17-7-6-11-4-2-3-5-13(11)15/h2-5,10,12,16H,6-9H2,1H3,(H,17,18). The van der Waals surface area contributed by atoms with Gasteiger partial charge in [-0.1, -0.05) is 36.7 Å². The summed E-state index contributed by atoms with van der Waals surface area (Å²) >= 11 is 6.06. The lowest BCUT2D eigenvalue weighted by atomic mass is 9.88. The molecule has 2 N–H and O–H groups in total. The molecule has 1 atom stereocenters. The molecule has 0 aliphatic carbocycles. The van der Waals surface area contributed by atoms with Crippen molar-refractivity contribution in [3.8, 4) is 0 Å². The summed E-state index contributed by atoms with van der Waals surface area (Å²) in [7, 11) is 0. The first-order valence-corrected chi connectivity index (χ1v) is 6.78. The summed E-state index contributed by atoms with van der Waals surface area (Å²) in [4.78, 5) is 11.9. The number of benzene rings is 1. The maximum atomic E-state index is 11.9. The van der Waals surface area contributed by atoms with Crippen LogP contribution in [0.25, 0.3) is 0 Å². The highest BCUT2D eigenvalue weighted by Crippen LogP contribution is 2.17. The van der Waals surface area contributed by atoms with E-state index in [4.69, 9.17) is 11.6 Å². The molecule has 0 saturated carbocycles. The van der Waals surface area contributed by atoms with Crippen molar-refractivity contribution in [2.24, 2.45) is 11.8 Å². The van der Waals surface area contributed by atoms with E-state index < -0.39 is 0 Å². The molecule has 0 aromatic heterocycles. The molecule has 1 fully saturated rings. The predicted octanol–water partition coefficient (Wildman–Crippen LogP) is 1.85. The molecule has 0 radical (unpaired) electrons. The van der Waals surface area contributed by atoms with Gasteiger partial charge in [0.2, 0.25) is 5.91 Å². The molecule has 1 saturated heterocycles. The van der Waals surface area contributed by atoms with E-state index >= 15 is 0 Å². The van der Waals surface area contributed by atoms with E-state index in [1.807, 2.05) is 31.2 Å². The fourth-order valence-corrected chi connectivity index (χ4v) is 2.29. The zero-order valence-corrected chi connectivity index (χ0v) is 11.3. The summed E-state index contributed by atoms with van der Waals surface area (Å²) in [5, 5.41) is 6.94. The Kier molecular flexibility index (Phi) is 4.61. The number of carbonyl (C=O) groups excluding carboxylic acids is 1. The Balaban J connectivity index is 1.75. The van der Waals surface area contributed by atoms with Gasteiger partial charge in [-0.3, -0.25) is 4.79 Å². The molecule has 0 spiro atoms. The smallest absolute Gasteiger partial charge is 0.223 e. The van der Waals surface area contributed by atoms with Crippen LogP contribution < -0.4 is 10.6 Å². The van der Waals surface area contributed by atoms with Crippen molar-refractivity contribution < 1.29 is 4.79 Å². The topological polar surface area (TPSA) is 41.1 Å². The van der Waals surface area contributed by atoms with E-state index in [1.165, 1.54) is 0 Å². The van der Waals surface area contributed by atoms with Gasteiger partial charge in [0.25, 0.3) is 0 Å². The van der Waals surface area contributed by atoms with E-state index in [9.17, 15) is 4.79 Å². The molecule has 98 valence electrons. The third-order valence-electron chi connectivity index (χ3n) is 3.59. The molecule has 3 nitrogen and oxygen atoms in total. The molecule has 1 aromatic carbocycles. The zero-order valence-electron chi connectivity index (χ0n) is 10.6. The largest absolute Gasteiger partial charge is 0.356 e. The first-order valence-electron chi connectivity index (χ1n) is 6.40. The molecule has 1 heterocycles. The third-order valence-corrected chi connectivity index (χ3v) is 3.95. The van der Waals surface area contributed by atoms with Crippen molar-refractivity contribution in [1.82, 2.24) is 10.6 Å². The lowest BCUT2D eigenvalue weighted by Gasteiger charge is -2.31. The second-order valence-corrected chi connectivity index (χ2v) is 5.25. The quantitative estimate of drug-likeness (QED) is 0.854. The Morgan fingerprint density at radius 1 is 1.50 bits per heavy atom. The van der Waals surface area contributed by atoms with Gasteiger partial charge in [-0.15, -0.1) is 0 Å². The van der Waals surface area contributed by atoms with Crippen LogP contribution in [-0.4, -0.2) is 25.5 Å². The summed E-state index contributed by atoms with van der Waals surface area (Å²) in [6.07, 6.45) is 0.779. The van der Waals surface area contributed by atoms with E-state index in [0.29, 0.717) is 12.5 Å². The molecule has 1 unspecified atom stereocenters. The Morgan fingerprint density at radius 2 is 2.22 bits per heavy atom. The predicted molar refractivity (Wildman–Crippen MR) is 73.7 cm³/mol. The summed E-state index contributed by atoms with van der Waals surface area (Å²) < 4.78 is 0.